The van der Waals surface area contributed by atoms with Gasteiger partial charge < -0.3 is 19.8 Å². The molecule has 18 heavy (non-hydrogen) atoms. The van der Waals surface area contributed by atoms with Crippen molar-refractivity contribution in [1.29, 1.82) is 0 Å². The van der Waals surface area contributed by atoms with Gasteiger partial charge in [0.15, 0.2) is 0 Å². The van der Waals surface area contributed by atoms with E-state index in [2.05, 4.69) is 11.8 Å². The maximum atomic E-state index is 9.93. The molecule has 4 heteroatoms. The van der Waals surface area contributed by atoms with Gasteiger partial charge in [-0.25, -0.2) is 0 Å². The van der Waals surface area contributed by atoms with E-state index in [4.69, 9.17) is 9.84 Å². The Hall–Kier alpha value is -1.26. The van der Waals surface area contributed by atoms with Crippen molar-refractivity contribution in [3.05, 3.63) is 23.8 Å². The summed E-state index contributed by atoms with van der Waals surface area (Å²) in [6.45, 7) is 5.31. The molecule has 0 aromatic heterocycles. The van der Waals surface area contributed by atoms with E-state index in [1.165, 1.54) is 0 Å². The van der Waals surface area contributed by atoms with Crippen LogP contribution in [-0.4, -0.2) is 37.0 Å². The minimum absolute atomic E-state index is 0.0937. The van der Waals surface area contributed by atoms with Crippen LogP contribution >= 0.6 is 0 Å². The highest BCUT2D eigenvalue weighted by atomic mass is 16.5. The Bertz CT molecular complexity index is 360. The minimum atomic E-state index is -0.603. The standard InChI is InChI=1S/C14H23NO3/c1-4-8-15(9-10-16)12-6-5-7-13(18-3)14(12)11(2)17/h5-7,11,16-17H,4,8-10H2,1-3H3/t11-/m1/s1. The second-order valence-corrected chi connectivity index (χ2v) is 4.28. The molecule has 1 aromatic carbocycles. The summed E-state index contributed by atoms with van der Waals surface area (Å²) in [7, 11) is 1.60. The van der Waals surface area contributed by atoms with Gasteiger partial charge in [0.05, 0.1) is 19.8 Å². The third kappa shape index (κ3) is 3.37. The molecule has 1 rings (SSSR count). The summed E-state index contributed by atoms with van der Waals surface area (Å²) in [5, 5.41) is 19.1. The van der Waals surface area contributed by atoms with Gasteiger partial charge in [0.1, 0.15) is 5.75 Å². The monoisotopic (exact) mass is 253 g/mol. The van der Waals surface area contributed by atoms with Crippen LogP contribution in [0.1, 0.15) is 31.9 Å². The first-order valence-corrected chi connectivity index (χ1v) is 6.36. The number of aliphatic hydroxyl groups excluding tert-OH is 2. The summed E-state index contributed by atoms with van der Waals surface area (Å²) in [6.07, 6.45) is 0.380. The van der Waals surface area contributed by atoms with Gasteiger partial charge in [-0.05, 0) is 25.5 Å². The maximum absolute atomic E-state index is 9.93. The lowest BCUT2D eigenvalue weighted by molar-refractivity contribution is 0.194. The van der Waals surface area contributed by atoms with Crippen LogP contribution in [-0.2, 0) is 0 Å². The predicted molar refractivity (Wildman–Crippen MR) is 73.2 cm³/mol. The molecule has 0 amide bonds. The Kier molecular flexibility index (Phi) is 5.95. The second-order valence-electron chi connectivity index (χ2n) is 4.28. The summed E-state index contributed by atoms with van der Waals surface area (Å²) in [4.78, 5) is 2.07. The molecule has 102 valence electrons. The van der Waals surface area contributed by atoms with Crippen LogP contribution < -0.4 is 9.64 Å². The molecule has 2 N–H and O–H groups in total. The number of rotatable bonds is 7. The van der Waals surface area contributed by atoms with Crippen LogP contribution in [0.5, 0.6) is 5.75 Å². The second kappa shape index (κ2) is 7.24. The van der Waals surface area contributed by atoms with Crippen LogP contribution in [0.15, 0.2) is 18.2 Å². The van der Waals surface area contributed by atoms with E-state index < -0.39 is 6.10 Å². The third-order valence-corrected chi connectivity index (χ3v) is 2.88. The number of hydrogen-bond donors (Lipinski definition) is 2. The van der Waals surface area contributed by atoms with Crippen LogP contribution in [0.3, 0.4) is 0 Å². The average Bonchev–Trinajstić information content (AvgIpc) is 2.37. The number of benzene rings is 1. The summed E-state index contributed by atoms with van der Waals surface area (Å²) < 4.78 is 5.30. The first-order valence-electron chi connectivity index (χ1n) is 6.36. The highest BCUT2D eigenvalue weighted by Gasteiger charge is 2.18. The van der Waals surface area contributed by atoms with E-state index in [0.717, 1.165) is 24.2 Å². The quantitative estimate of drug-likeness (QED) is 0.780. The van der Waals surface area contributed by atoms with Crippen LogP contribution in [0, 0.1) is 0 Å². The van der Waals surface area contributed by atoms with E-state index in [9.17, 15) is 5.11 Å². The smallest absolute Gasteiger partial charge is 0.126 e. The number of aliphatic hydroxyl groups is 2. The molecule has 1 aromatic rings. The van der Waals surface area contributed by atoms with E-state index >= 15 is 0 Å². The zero-order valence-electron chi connectivity index (χ0n) is 11.4. The van der Waals surface area contributed by atoms with Crippen LogP contribution in [0.25, 0.3) is 0 Å². The van der Waals surface area contributed by atoms with Gasteiger partial charge in [0.2, 0.25) is 0 Å². The van der Waals surface area contributed by atoms with Crippen molar-refractivity contribution in [3.63, 3.8) is 0 Å². The molecule has 0 aliphatic rings. The SMILES string of the molecule is CCCN(CCO)c1cccc(OC)c1[C@@H](C)O. The highest BCUT2D eigenvalue weighted by molar-refractivity contribution is 5.60. The summed E-state index contributed by atoms with van der Waals surface area (Å²) in [5.41, 5.74) is 1.71. The van der Waals surface area contributed by atoms with Gasteiger partial charge in [0.25, 0.3) is 0 Å². The Labute approximate surface area is 109 Å². The third-order valence-electron chi connectivity index (χ3n) is 2.88. The Balaban J connectivity index is 3.18. The molecule has 0 radical (unpaired) electrons. The Morgan fingerprint density at radius 2 is 2.06 bits per heavy atom. The van der Waals surface area contributed by atoms with Gasteiger partial charge in [-0.3, -0.25) is 0 Å². The summed E-state index contributed by atoms with van der Waals surface area (Å²) >= 11 is 0. The highest BCUT2D eigenvalue weighted by Crippen LogP contribution is 2.34. The molecule has 0 heterocycles. The fourth-order valence-electron chi connectivity index (χ4n) is 2.15. The minimum Gasteiger partial charge on any atom is -0.496 e. The molecule has 4 nitrogen and oxygen atoms in total. The van der Waals surface area contributed by atoms with Crippen molar-refractivity contribution in [1.82, 2.24) is 0 Å². The van der Waals surface area contributed by atoms with Crippen molar-refractivity contribution < 1.29 is 14.9 Å². The van der Waals surface area contributed by atoms with E-state index in [1.807, 2.05) is 18.2 Å². The molecule has 0 aliphatic heterocycles. The normalized spacial score (nSPS) is 12.3. The lowest BCUT2D eigenvalue weighted by Crippen LogP contribution is -2.28. The van der Waals surface area contributed by atoms with Gasteiger partial charge in [-0.2, -0.15) is 0 Å². The average molecular weight is 253 g/mol. The molecule has 0 fully saturated rings. The van der Waals surface area contributed by atoms with Gasteiger partial charge in [-0.15, -0.1) is 0 Å². The molecule has 0 saturated heterocycles. The van der Waals surface area contributed by atoms with Crippen molar-refractivity contribution >= 4 is 5.69 Å². The van der Waals surface area contributed by atoms with Crippen LogP contribution in [0.2, 0.25) is 0 Å². The molecule has 0 unspecified atom stereocenters. The molecule has 1 atom stereocenters. The zero-order chi connectivity index (χ0) is 13.5. The number of ether oxygens (including phenoxy) is 1. The number of nitrogens with zero attached hydrogens (tertiary/aromatic N) is 1. The first-order chi connectivity index (χ1) is 8.65. The Morgan fingerprint density at radius 3 is 2.56 bits per heavy atom. The van der Waals surface area contributed by atoms with Gasteiger partial charge >= 0.3 is 0 Å². The molecule has 0 spiro atoms. The van der Waals surface area contributed by atoms with Gasteiger partial charge in [-0.1, -0.05) is 13.0 Å². The molecule has 0 saturated carbocycles. The zero-order valence-corrected chi connectivity index (χ0v) is 11.4. The summed E-state index contributed by atoms with van der Waals surface area (Å²) in [5.74, 6) is 0.682. The first kappa shape index (κ1) is 14.8. The molecule has 0 aliphatic carbocycles. The fraction of sp³-hybridized carbons (Fsp3) is 0.571. The summed E-state index contributed by atoms with van der Waals surface area (Å²) in [6, 6.07) is 5.70. The van der Waals surface area contributed by atoms with Gasteiger partial charge in [0, 0.05) is 24.3 Å². The largest absolute Gasteiger partial charge is 0.496 e. The number of methoxy groups -OCH3 is 1. The number of anilines is 1. The Morgan fingerprint density at radius 1 is 1.33 bits per heavy atom. The van der Waals surface area contributed by atoms with E-state index in [1.54, 1.807) is 14.0 Å². The number of hydrogen-bond acceptors (Lipinski definition) is 4. The van der Waals surface area contributed by atoms with Crippen LogP contribution in [0.4, 0.5) is 5.69 Å². The van der Waals surface area contributed by atoms with E-state index in [-0.39, 0.29) is 6.61 Å². The maximum Gasteiger partial charge on any atom is 0.126 e. The molecule has 0 bridgehead atoms. The lowest BCUT2D eigenvalue weighted by Gasteiger charge is -2.28. The van der Waals surface area contributed by atoms with Crippen molar-refractivity contribution in [3.8, 4) is 5.75 Å². The molecular weight excluding hydrogens is 230 g/mol. The van der Waals surface area contributed by atoms with Crippen molar-refractivity contribution in [2.75, 3.05) is 31.7 Å². The predicted octanol–water partition coefficient (Wildman–Crippen LogP) is 1.96. The van der Waals surface area contributed by atoms with E-state index in [0.29, 0.717) is 12.3 Å². The van der Waals surface area contributed by atoms with Crippen molar-refractivity contribution in [2.45, 2.75) is 26.4 Å². The topological polar surface area (TPSA) is 52.9 Å². The fourth-order valence-corrected chi connectivity index (χ4v) is 2.15. The van der Waals surface area contributed by atoms with Crippen molar-refractivity contribution in [2.24, 2.45) is 0 Å². The molecular formula is C14H23NO3. The lowest BCUT2D eigenvalue weighted by atomic mass is 10.1.